The highest BCUT2D eigenvalue weighted by molar-refractivity contribution is 6.24. The topological polar surface area (TPSA) is 89.8 Å². The van der Waals surface area contributed by atoms with Gasteiger partial charge in [0.15, 0.2) is 0 Å². The minimum atomic E-state index is -0.569. The molecule has 0 radical (unpaired) electrons. The van der Waals surface area contributed by atoms with Crippen molar-refractivity contribution in [2.75, 3.05) is 4.90 Å². The molecule has 0 aliphatic carbocycles. The lowest BCUT2D eigenvalue weighted by Gasteiger charge is -2.17. The molecule has 0 saturated carbocycles. The van der Waals surface area contributed by atoms with E-state index in [4.69, 9.17) is 4.74 Å². The fraction of sp³-hybridized carbons (Fsp3) is 0.333. The third-order valence-electron chi connectivity index (χ3n) is 4.48. The average molecular weight is 300 g/mol. The van der Waals surface area contributed by atoms with Crippen LogP contribution in [0.3, 0.4) is 0 Å². The Bertz CT molecular complexity index is 726. The smallest absolute Gasteiger partial charge is 0.293 e. The van der Waals surface area contributed by atoms with E-state index in [2.05, 4.69) is 0 Å². The molecule has 112 valence electrons. The average Bonchev–Trinajstić information content (AvgIpc) is 3.14. The molecule has 4 atom stereocenters. The van der Waals surface area contributed by atoms with E-state index in [-0.39, 0.29) is 11.4 Å². The summed E-state index contributed by atoms with van der Waals surface area (Å²) in [5, 5.41) is 11.3. The Labute approximate surface area is 125 Å². The summed E-state index contributed by atoms with van der Waals surface area (Å²) in [6.07, 6.45) is 2.76. The lowest BCUT2D eigenvalue weighted by Crippen LogP contribution is -2.34. The predicted octanol–water partition coefficient (Wildman–Crippen LogP) is 1.35. The van der Waals surface area contributed by atoms with Gasteiger partial charge in [0.05, 0.1) is 29.0 Å². The van der Waals surface area contributed by atoms with E-state index in [9.17, 15) is 19.7 Å². The number of hydrogen-bond acceptors (Lipinski definition) is 5. The predicted molar refractivity (Wildman–Crippen MR) is 75.1 cm³/mol. The second-order valence-electron chi connectivity index (χ2n) is 5.76. The number of carbonyl (C=O) groups is 2. The van der Waals surface area contributed by atoms with Crippen molar-refractivity contribution in [2.45, 2.75) is 19.1 Å². The molecule has 4 rings (SSSR count). The maximum absolute atomic E-state index is 12.6. The normalized spacial score (nSPS) is 32.0. The highest BCUT2D eigenvalue weighted by atomic mass is 16.6. The van der Waals surface area contributed by atoms with Crippen LogP contribution in [0, 0.1) is 28.9 Å². The zero-order valence-corrected chi connectivity index (χ0v) is 11.6. The quantitative estimate of drug-likeness (QED) is 0.356. The molecule has 2 amide bonds. The van der Waals surface area contributed by atoms with Crippen molar-refractivity contribution in [1.82, 2.24) is 0 Å². The SMILES string of the molecule is Cc1ccc(N2C(=O)[C@@H]3[C@H](C2=O)[C@H]2C=C[C@@H]3O2)c([N+](=O)[O-])c1. The van der Waals surface area contributed by atoms with E-state index in [0.29, 0.717) is 5.56 Å². The molecule has 2 fully saturated rings. The minimum Gasteiger partial charge on any atom is -0.365 e. The zero-order valence-electron chi connectivity index (χ0n) is 11.6. The lowest BCUT2D eigenvalue weighted by molar-refractivity contribution is -0.384. The Balaban J connectivity index is 1.81. The Morgan fingerprint density at radius 2 is 1.73 bits per heavy atom. The van der Waals surface area contributed by atoms with Crippen LogP contribution in [0.2, 0.25) is 0 Å². The number of hydrogen-bond donors (Lipinski definition) is 0. The number of benzene rings is 1. The van der Waals surface area contributed by atoms with Gasteiger partial charge in [-0.05, 0) is 18.6 Å². The highest BCUT2D eigenvalue weighted by Crippen LogP contribution is 2.47. The van der Waals surface area contributed by atoms with Crippen molar-refractivity contribution in [3.63, 3.8) is 0 Å². The van der Waals surface area contributed by atoms with Gasteiger partial charge in [0.2, 0.25) is 11.8 Å². The van der Waals surface area contributed by atoms with Gasteiger partial charge in [-0.25, -0.2) is 4.90 Å². The van der Waals surface area contributed by atoms with Gasteiger partial charge in [-0.15, -0.1) is 0 Å². The van der Waals surface area contributed by atoms with Crippen LogP contribution in [0.4, 0.5) is 11.4 Å². The van der Waals surface area contributed by atoms with Gasteiger partial charge in [-0.2, -0.15) is 0 Å². The number of imide groups is 1. The van der Waals surface area contributed by atoms with Gasteiger partial charge in [-0.1, -0.05) is 18.2 Å². The van der Waals surface area contributed by atoms with Crippen LogP contribution in [-0.4, -0.2) is 28.9 Å². The van der Waals surface area contributed by atoms with Crippen LogP contribution in [0.1, 0.15) is 5.56 Å². The van der Waals surface area contributed by atoms with Crippen LogP contribution in [-0.2, 0) is 14.3 Å². The van der Waals surface area contributed by atoms with E-state index in [0.717, 1.165) is 4.90 Å². The summed E-state index contributed by atoms with van der Waals surface area (Å²) < 4.78 is 5.55. The van der Waals surface area contributed by atoms with E-state index in [1.165, 1.54) is 12.1 Å². The number of amides is 2. The number of carbonyl (C=O) groups excluding carboxylic acids is 2. The molecular formula is C15H12N2O5. The van der Waals surface area contributed by atoms with Gasteiger partial charge in [0, 0.05) is 6.07 Å². The van der Waals surface area contributed by atoms with E-state index in [1.807, 2.05) is 0 Å². The van der Waals surface area contributed by atoms with Gasteiger partial charge >= 0.3 is 0 Å². The Morgan fingerprint density at radius 3 is 2.27 bits per heavy atom. The van der Waals surface area contributed by atoms with Gasteiger partial charge < -0.3 is 4.74 Å². The standard InChI is InChI=1S/C15H12N2O5/c1-7-2-3-8(9(6-7)17(20)21)16-14(18)12-10-4-5-11(22-10)13(12)15(16)19/h2-6,10-13H,1H3/t10-,11+,12-,13+. The second kappa shape index (κ2) is 4.23. The number of nitro groups is 1. The molecule has 0 N–H and O–H groups in total. The summed E-state index contributed by atoms with van der Waals surface area (Å²) in [7, 11) is 0. The van der Waals surface area contributed by atoms with Crippen molar-refractivity contribution in [3.05, 3.63) is 46.0 Å². The first kappa shape index (κ1) is 13.1. The molecule has 22 heavy (non-hydrogen) atoms. The van der Waals surface area contributed by atoms with Crippen LogP contribution in [0.25, 0.3) is 0 Å². The van der Waals surface area contributed by atoms with Crippen molar-refractivity contribution >= 4 is 23.2 Å². The summed E-state index contributed by atoms with van der Waals surface area (Å²) in [5.41, 5.74) is 0.502. The number of nitrogens with zero attached hydrogens (tertiary/aromatic N) is 2. The highest BCUT2D eigenvalue weighted by Gasteiger charge is 2.61. The molecule has 3 aliphatic rings. The first-order chi connectivity index (χ1) is 10.5. The number of ether oxygens (including phenoxy) is 1. The van der Waals surface area contributed by atoms with Crippen LogP contribution >= 0.6 is 0 Å². The molecule has 2 saturated heterocycles. The molecule has 3 heterocycles. The van der Waals surface area contributed by atoms with Crippen molar-refractivity contribution in [3.8, 4) is 0 Å². The maximum Gasteiger partial charge on any atom is 0.293 e. The second-order valence-corrected chi connectivity index (χ2v) is 5.76. The number of anilines is 1. The summed E-state index contributed by atoms with van der Waals surface area (Å²) in [6.45, 7) is 1.72. The van der Waals surface area contributed by atoms with Crippen molar-refractivity contribution in [2.24, 2.45) is 11.8 Å². The molecule has 0 aromatic heterocycles. The van der Waals surface area contributed by atoms with Gasteiger partial charge in [-0.3, -0.25) is 19.7 Å². The van der Waals surface area contributed by atoms with Gasteiger partial charge in [0.25, 0.3) is 5.69 Å². The zero-order chi connectivity index (χ0) is 15.6. The third kappa shape index (κ3) is 1.54. The third-order valence-corrected chi connectivity index (χ3v) is 4.48. The van der Waals surface area contributed by atoms with Crippen molar-refractivity contribution < 1.29 is 19.2 Å². The number of fused-ring (bicyclic) bond motifs is 5. The monoisotopic (exact) mass is 300 g/mol. The number of rotatable bonds is 2. The molecule has 1 aromatic rings. The van der Waals surface area contributed by atoms with Crippen LogP contribution in [0.15, 0.2) is 30.4 Å². The van der Waals surface area contributed by atoms with Gasteiger partial charge in [0.1, 0.15) is 5.69 Å². The molecule has 7 heteroatoms. The van der Waals surface area contributed by atoms with Crippen LogP contribution in [0.5, 0.6) is 0 Å². The van der Waals surface area contributed by atoms with E-state index < -0.39 is 40.8 Å². The minimum absolute atomic E-state index is 0.0411. The van der Waals surface area contributed by atoms with Crippen LogP contribution < -0.4 is 4.90 Å². The summed E-state index contributed by atoms with van der Waals surface area (Å²) >= 11 is 0. The summed E-state index contributed by atoms with van der Waals surface area (Å²) in [4.78, 5) is 36.9. The molecular weight excluding hydrogens is 288 g/mol. The molecule has 0 spiro atoms. The molecule has 2 bridgehead atoms. The maximum atomic E-state index is 12.6. The summed E-state index contributed by atoms with van der Waals surface area (Å²) in [6, 6.07) is 4.48. The fourth-order valence-corrected chi connectivity index (χ4v) is 3.51. The molecule has 0 unspecified atom stereocenters. The van der Waals surface area contributed by atoms with Crippen molar-refractivity contribution in [1.29, 1.82) is 0 Å². The van der Waals surface area contributed by atoms with E-state index in [1.54, 1.807) is 25.1 Å². The Hall–Kier alpha value is -2.54. The molecule has 3 aliphatic heterocycles. The van der Waals surface area contributed by atoms with E-state index >= 15 is 0 Å². The number of nitro benzene ring substituents is 1. The molecule has 7 nitrogen and oxygen atoms in total. The number of aryl methyl sites for hydroxylation is 1. The molecule has 1 aromatic carbocycles. The Kier molecular flexibility index (Phi) is 2.53. The largest absolute Gasteiger partial charge is 0.365 e. The Morgan fingerprint density at radius 1 is 1.14 bits per heavy atom. The first-order valence-electron chi connectivity index (χ1n) is 6.95. The lowest BCUT2D eigenvalue weighted by atomic mass is 9.85. The first-order valence-corrected chi connectivity index (χ1v) is 6.95. The fourth-order valence-electron chi connectivity index (χ4n) is 3.51. The summed E-state index contributed by atoms with van der Waals surface area (Å²) in [5.74, 6) is -1.97.